The summed E-state index contributed by atoms with van der Waals surface area (Å²) in [6.07, 6.45) is -0.933. The Kier molecular flexibility index (Phi) is 4.83. The summed E-state index contributed by atoms with van der Waals surface area (Å²) in [5.41, 5.74) is 1.26. The van der Waals surface area contributed by atoms with Crippen LogP contribution in [0.15, 0.2) is 42.5 Å². The Bertz CT molecular complexity index is 707. The molecular formula is C17H15ClO4. The molecular weight excluding hydrogens is 304 g/mol. The maximum absolute atomic E-state index is 12.2. The lowest BCUT2D eigenvalue weighted by Gasteiger charge is -2.13. The Morgan fingerprint density at radius 1 is 1.09 bits per heavy atom. The van der Waals surface area contributed by atoms with Gasteiger partial charge in [0.15, 0.2) is 6.10 Å². The highest BCUT2D eigenvalue weighted by atomic mass is 35.5. The van der Waals surface area contributed by atoms with Crippen LogP contribution in [-0.4, -0.2) is 23.0 Å². The smallest absolute Gasteiger partial charge is 0.338 e. The molecule has 0 heterocycles. The van der Waals surface area contributed by atoms with Gasteiger partial charge in [-0.05, 0) is 55.8 Å². The van der Waals surface area contributed by atoms with Crippen molar-refractivity contribution in [2.75, 3.05) is 0 Å². The summed E-state index contributed by atoms with van der Waals surface area (Å²) in [4.78, 5) is 24.2. The Balaban J connectivity index is 2.08. The molecule has 0 saturated carbocycles. The van der Waals surface area contributed by atoms with Gasteiger partial charge in [0.25, 0.3) is 0 Å². The van der Waals surface area contributed by atoms with Gasteiger partial charge in [0.05, 0.1) is 5.56 Å². The Labute approximate surface area is 133 Å². The van der Waals surface area contributed by atoms with Crippen molar-refractivity contribution in [3.63, 3.8) is 0 Å². The minimum atomic E-state index is -0.933. The first-order valence-corrected chi connectivity index (χ1v) is 7.06. The summed E-state index contributed by atoms with van der Waals surface area (Å²) in [6, 6.07) is 10.8. The van der Waals surface area contributed by atoms with Crippen LogP contribution < -0.4 is 0 Å². The third-order valence-corrected chi connectivity index (χ3v) is 3.48. The number of phenolic OH excluding ortho intramolecular Hbond substituents is 1. The third kappa shape index (κ3) is 3.65. The average molecular weight is 319 g/mol. The fourth-order valence-corrected chi connectivity index (χ4v) is 1.99. The van der Waals surface area contributed by atoms with Gasteiger partial charge in [0.1, 0.15) is 5.75 Å². The van der Waals surface area contributed by atoms with Crippen LogP contribution >= 0.6 is 11.6 Å². The molecule has 0 aliphatic carbocycles. The first-order valence-electron chi connectivity index (χ1n) is 6.69. The van der Waals surface area contributed by atoms with E-state index >= 15 is 0 Å². The van der Waals surface area contributed by atoms with Crippen molar-refractivity contribution in [3.05, 3.63) is 64.2 Å². The Morgan fingerprint density at radius 3 is 2.27 bits per heavy atom. The highest BCUT2D eigenvalue weighted by molar-refractivity contribution is 6.30. The number of ketones is 1. The standard InChI is InChI=1S/C17H15ClO4/c1-10-3-4-13(9-15(10)19)17(21)22-11(2)16(20)12-5-7-14(18)8-6-12/h3-9,11,19H,1-2H3. The van der Waals surface area contributed by atoms with Gasteiger partial charge in [0.2, 0.25) is 5.78 Å². The molecule has 1 N–H and O–H groups in total. The maximum Gasteiger partial charge on any atom is 0.338 e. The molecule has 0 aromatic heterocycles. The maximum atomic E-state index is 12.2. The molecule has 4 nitrogen and oxygen atoms in total. The molecule has 5 heteroatoms. The van der Waals surface area contributed by atoms with E-state index in [1.54, 1.807) is 37.3 Å². The van der Waals surface area contributed by atoms with E-state index in [9.17, 15) is 14.7 Å². The van der Waals surface area contributed by atoms with Crippen molar-refractivity contribution in [2.24, 2.45) is 0 Å². The first-order chi connectivity index (χ1) is 10.4. The molecule has 1 atom stereocenters. The van der Waals surface area contributed by atoms with Gasteiger partial charge in [-0.3, -0.25) is 4.79 Å². The number of hydrogen-bond acceptors (Lipinski definition) is 4. The second-order valence-corrected chi connectivity index (χ2v) is 5.36. The molecule has 114 valence electrons. The molecule has 2 rings (SSSR count). The monoisotopic (exact) mass is 318 g/mol. The van der Waals surface area contributed by atoms with E-state index < -0.39 is 12.1 Å². The molecule has 2 aromatic carbocycles. The average Bonchev–Trinajstić information content (AvgIpc) is 2.50. The summed E-state index contributed by atoms with van der Waals surface area (Å²) >= 11 is 5.77. The summed E-state index contributed by atoms with van der Waals surface area (Å²) in [7, 11) is 0. The quantitative estimate of drug-likeness (QED) is 0.688. The molecule has 2 aromatic rings. The SMILES string of the molecule is Cc1ccc(C(=O)OC(C)C(=O)c2ccc(Cl)cc2)cc1O. The van der Waals surface area contributed by atoms with Crippen molar-refractivity contribution in [1.29, 1.82) is 0 Å². The van der Waals surface area contributed by atoms with E-state index in [1.165, 1.54) is 19.1 Å². The number of carbonyl (C=O) groups excluding carboxylic acids is 2. The zero-order chi connectivity index (χ0) is 16.3. The molecule has 1 unspecified atom stereocenters. The number of halogens is 1. The van der Waals surface area contributed by atoms with Crippen molar-refractivity contribution in [2.45, 2.75) is 20.0 Å². The molecule has 0 aliphatic heterocycles. The summed E-state index contributed by atoms with van der Waals surface area (Å²) in [6.45, 7) is 3.22. The van der Waals surface area contributed by atoms with Gasteiger partial charge < -0.3 is 9.84 Å². The predicted octanol–water partition coefficient (Wildman–Crippen LogP) is 3.78. The van der Waals surface area contributed by atoms with Crippen LogP contribution in [0.25, 0.3) is 0 Å². The van der Waals surface area contributed by atoms with Crippen LogP contribution in [0.2, 0.25) is 5.02 Å². The Hall–Kier alpha value is -2.33. The summed E-state index contributed by atoms with van der Waals surface area (Å²) in [5, 5.41) is 10.1. The number of aromatic hydroxyl groups is 1. The van der Waals surface area contributed by atoms with Gasteiger partial charge in [-0.1, -0.05) is 17.7 Å². The molecule has 22 heavy (non-hydrogen) atoms. The number of aryl methyl sites for hydroxylation is 1. The van der Waals surface area contributed by atoms with Gasteiger partial charge in [-0.15, -0.1) is 0 Å². The van der Waals surface area contributed by atoms with Crippen LogP contribution in [0.1, 0.15) is 33.2 Å². The fourth-order valence-electron chi connectivity index (χ4n) is 1.87. The largest absolute Gasteiger partial charge is 0.508 e. The first kappa shape index (κ1) is 16.0. The third-order valence-electron chi connectivity index (χ3n) is 3.23. The minimum absolute atomic E-state index is 0.00568. The molecule has 0 bridgehead atoms. The van der Waals surface area contributed by atoms with Gasteiger partial charge in [0, 0.05) is 10.6 Å². The lowest BCUT2D eigenvalue weighted by Crippen LogP contribution is -2.24. The number of ether oxygens (including phenoxy) is 1. The topological polar surface area (TPSA) is 63.6 Å². The molecule has 0 saturated heterocycles. The van der Waals surface area contributed by atoms with E-state index in [-0.39, 0.29) is 17.1 Å². The van der Waals surface area contributed by atoms with Crippen molar-refractivity contribution in [3.8, 4) is 5.75 Å². The van der Waals surface area contributed by atoms with Crippen LogP contribution in [0, 0.1) is 6.92 Å². The number of esters is 1. The lowest BCUT2D eigenvalue weighted by atomic mass is 10.1. The van der Waals surface area contributed by atoms with Gasteiger partial charge in [-0.2, -0.15) is 0 Å². The number of carbonyl (C=O) groups is 2. The van der Waals surface area contributed by atoms with Gasteiger partial charge in [-0.25, -0.2) is 4.79 Å². The lowest BCUT2D eigenvalue weighted by molar-refractivity contribution is 0.0318. The minimum Gasteiger partial charge on any atom is -0.508 e. The van der Waals surface area contributed by atoms with Crippen LogP contribution in [0.5, 0.6) is 5.75 Å². The van der Waals surface area contributed by atoms with Crippen molar-refractivity contribution < 1.29 is 19.4 Å². The second kappa shape index (κ2) is 6.62. The highest BCUT2D eigenvalue weighted by Crippen LogP contribution is 2.19. The van der Waals surface area contributed by atoms with E-state index in [0.29, 0.717) is 16.1 Å². The predicted molar refractivity (Wildman–Crippen MR) is 83.5 cm³/mol. The number of Topliss-reactive ketones (excluding diaryl/α,β-unsaturated/α-hetero) is 1. The highest BCUT2D eigenvalue weighted by Gasteiger charge is 2.20. The van der Waals surface area contributed by atoms with Crippen LogP contribution in [0.3, 0.4) is 0 Å². The number of benzene rings is 2. The molecule has 0 fully saturated rings. The molecule has 0 radical (unpaired) electrons. The number of hydrogen-bond donors (Lipinski definition) is 1. The summed E-state index contributed by atoms with van der Waals surface area (Å²) in [5.74, 6) is -0.974. The van der Waals surface area contributed by atoms with Crippen molar-refractivity contribution in [1.82, 2.24) is 0 Å². The zero-order valence-electron chi connectivity index (χ0n) is 12.2. The van der Waals surface area contributed by atoms with E-state index in [0.717, 1.165) is 0 Å². The number of phenols is 1. The van der Waals surface area contributed by atoms with E-state index in [4.69, 9.17) is 16.3 Å². The van der Waals surface area contributed by atoms with E-state index in [2.05, 4.69) is 0 Å². The Morgan fingerprint density at radius 2 is 1.68 bits per heavy atom. The fraction of sp³-hybridized carbons (Fsp3) is 0.176. The van der Waals surface area contributed by atoms with Crippen molar-refractivity contribution >= 4 is 23.4 Å². The van der Waals surface area contributed by atoms with Gasteiger partial charge >= 0.3 is 5.97 Å². The molecule has 0 amide bonds. The van der Waals surface area contributed by atoms with Crippen LogP contribution in [-0.2, 0) is 4.74 Å². The normalized spacial score (nSPS) is 11.8. The number of rotatable bonds is 4. The zero-order valence-corrected chi connectivity index (χ0v) is 12.9. The van der Waals surface area contributed by atoms with Crippen LogP contribution in [0.4, 0.5) is 0 Å². The molecule has 0 spiro atoms. The second-order valence-electron chi connectivity index (χ2n) is 4.92. The molecule has 0 aliphatic rings. The summed E-state index contributed by atoms with van der Waals surface area (Å²) < 4.78 is 5.15. The van der Waals surface area contributed by atoms with E-state index in [1.807, 2.05) is 0 Å².